The van der Waals surface area contributed by atoms with Gasteiger partial charge >= 0.3 is 0 Å². The van der Waals surface area contributed by atoms with Crippen molar-refractivity contribution in [3.8, 4) is 0 Å². The second kappa shape index (κ2) is 2.71. The molecule has 0 aromatic rings. The first-order valence-electron chi connectivity index (χ1n) is 5.34. The molecule has 82 valence electrons. The molecule has 0 atom stereocenters. The third-order valence-corrected chi connectivity index (χ3v) is 3.99. The molecule has 2 saturated carbocycles. The molecule has 0 amide bonds. The van der Waals surface area contributed by atoms with Gasteiger partial charge in [-0.15, -0.1) is 0 Å². The fraction of sp³-hybridized carbons (Fsp3) is 1.00. The molecule has 0 aromatic heterocycles. The average molecular weight is 199 g/mol. The van der Waals surface area contributed by atoms with E-state index >= 15 is 0 Å². The average Bonchev–Trinajstić information content (AvgIpc) is 1.94. The third-order valence-electron chi connectivity index (χ3n) is 3.99. The van der Waals surface area contributed by atoms with Gasteiger partial charge in [0.15, 0.2) is 0 Å². The molecular formula is C11H21NO2. The number of nitrogens with two attached hydrogens (primary N) is 1. The van der Waals surface area contributed by atoms with E-state index in [1.54, 1.807) is 7.11 Å². The van der Waals surface area contributed by atoms with Gasteiger partial charge < -0.3 is 15.6 Å². The lowest BCUT2D eigenvalue weighted by Gasteiger charge is -2.63. The van der Waals surface area contributed by atoms with Gasteiger partial charge in [0, 0.05) is 12.6 Å². The van der Waals surface area contributed by atoms with E-state index in [4.69, 9.17) is 10.5 Å². The lowest BCUT2D eigenvalue weighted by atomic mass is 9.49. The molecule has 3 heteroatoms. The van der Waals surface area contributed by atoms with E-state index in [1.165, 1.54) is 0 Å². The van der Waals surface area contributed by atoms with Crippen LogP contribution in [-0.4, -0.2) is 29.5 Å². The van der Waals surface area contributed by atoms with Gasteiger partial charge in [-0.2, -0.15) is 0 Å². The molecule has 2 aliphatic rings. The minimum Gasteiger partial charge on any atom is -0.388 e. The molecule has 0 saturated heterocycles. The van der Waals surface area contributed by atoms with Crippen LogP contribution in [-0.2, 0) is 4.74 Å². The first kappa shape index (κ1) is 10.4. The second-order valence-electron chi connectivity index (χ2n) is 5.97. The highest BCUT2D eigenvalue weighted by molar-refractivity contribution is 5.19. The normalized spacial score (nSPS) is 43.9. The predicted octanol–water partition coefficient (Wildman–Crippen LogP) is 1.04. The van der Waals surface area contributed by atoms with Crippen LogP contribution < -0.4 is 5.73 Å². The van der Waals surface area contributed by atoms with Crippen LogP contribution in [0.2, 0.25) is 0 Å². The van der Waals surface area contributed by atoms with Gasteiger partial charge in [0.25, 0.3) is 0 Å². The van der Waals surface area contributed by atoms with Crippen LogP contribution in [0.1, 0.15) is 39.5 Å². The largest absolute Gasteiger partial charge is 0.388 e. The van der Waals surface area contributed by atoms with Gasteiger partial charge in [-0.25, -0.2) is 0 Å². The van der Waals surface area contributed by atoms with Gasteiger partial charge in [-0.3, -0.25) is 0 Å². The molecule has 0 spiro atoms. The first-order valence-corrected chi connectivity index (χ1v) is 5.34. The predicted molar refractivity (Wildman–Crippen MR) is 54.9 cm³/mol. The number of rotatable bonds is 2. The Kier molecular flexibility index (Phi) is 2.02. The van der Waals surface area contributed by atoms with Crippen molar-refractivity contribution < 1.29 is 9.84 Å². The molecule has 2 aliphatic carbocycles. The summed E-state index contributed by atoms with van der Waals surface area (Å²) in [5.74, 6) is 0. The number of methoxy groups -OCH3 is 1. The molecule has 2 fully saturated rings. The fourth-order valence-corrected chi connectivity index (χ4v) is 3.18. The minimum absolute atomic E-state index is 0.257. The Morgan fingerprint density at radius 1 is 1.29 bits per heavy atom. The zero-order chi connectivity index (χ0) is 10.6. The maximum Gasteiger partial charge on any atom is 0.0838 e. The molecule has 0 unspecified atom stereocenters. The van der Waals surface area contributed by atoms with Crippen molar-refractivity contribution in [3.63, 3.8) is 0 Å². The molecule has 0 heterocycles. The van der Waals surface area contributed by atoms with Gasteiger partial charge in [0.2, 0.25) is 0 Å². The van der Waals surface area contributed by atoms with E-state index in [9.17, 15) is 5.11 Å². The van der Waals surface area contributed by atoms with Crippen LogP contribution in [0.25, 0.3) is 0 Å². The Hall–Kier alpha value is -0.120. The molecule has 3 N–H and O–H groups in total. The third kappa shape index (κ3) is 1.30. The van der Waals surface area contributed by atoms with Crippen molar-refractivity contribution in [2.75, 3.05) is 7.11 Å². The molecule has 3 nitrogen and oxygen atoms in total. The van der Waals surface area contributed by atoms with Gasteiger partial charge in [0.1, 0.15) is 0 Å². The molecule has 0 radical (unpaired) electrons. The van der Waals surface area contributed by atoms with Crippen molar-refractivity contribution in [1.29, 1.82) is 0 Å². The summed E-state index contributed by atoms with van der Waals surface area (Å²) in [6.45, 7) is 4.36. The zero-order valence-electron chi connectivity index (χ0n) is 9.34. The minimum atomic E-state index is -0.633. The molecular weight excluding hydrogens is 178 g/mol. The van der Waals surface area contributed by atoms with Gasteiger partial charge in [-0.1, -0.05) is 13.8 Å². The van der Waals surface area contributed by atoms with E-state index in [2.05, 4.69) is 13.8 Å². The number of hydrogen-bond acceptors (Lipinski definition) is 3. The standard InChI is InChI=1S/C11H21NO2/c1-9(2)6-11(13,7-9)10(12)4-8(5-10)14-3/h8,13H,4-7,12H2,1-3H3. The van der Waals surface area contributed by atoms with Crippen LogP contribution in [0.4, 0.5) is 0 Å². The summed E-state index contributed by atoms with van der Waals surface area (Å²) >= 11 is 0. The highest BCUT2D eigenvalue weighted by Crippen LogP contribution is 2.57. The Morgan fingerprint density at radius 3 is 2.14 bits per heavy atom. The fourth-order valence-electron chi connectivity index (χ4n) is 3.18. The Balaban J connectivity index is 1.97. The smallest absolute Gasteiger partial charge is 0.0838 e. The zero-order valence-corrected chi connectivity index (χ0v) is 9.34. The van der Waals surface area contributed by atoms with Gasteiger partial charge in [-0.05, 0) is 31.1 Å². The summed E-state index contributed by atoms with van der Waals surface area (Å²) in [5.41, 5.74) is 5.44. The SMILES string of the molecule is COC1CC(N)(C2(O)CC(C)(C)C2)C1. The molecule has 0 bridgehead atoms. The Labute approximate surface area is 85.6 Å². The number of aliphatic hydroxyl groups is 1. The molecule has 0 aliphatic heterocycles. The van der Waals surface area contributed by atoms with Crippen LogP contribution in [0.3, 0.4) is 0 Å². The van der Waals surface area contributed by atoms with Crippen LogP contribution >= 0.6 is 0 Å². The van der Waals surface area contributed by atoms with Crippen molar-refractivity contribution in [3.05, 3.63) is 0 Å². The monoisotopic (exact) mass is 199 g/mol. The summed E-state index contributed by atoms with van der Waals surface area (Å²) < 4.78 is 5.21. The lowest BCUT2D eigenvalue weighted by molar-refractivity contribution is -0.204. The summed E-state index contributed by atoms with van der Waals surface area (Å²) in [6, 6.07) is 0. The maximum atomic E-state index is 10.4. The van der Waals surface area contributed by atoms with Crippen molar-refractivity contribution in [2.45, 2.75) is 56.8 Å². The highest BCUT2D eigenvalue weighted by atomic mass is 16.5. The van der Waals surface area contributed by atoms with Crippen LogP contribution in [0.5, 0.6) is 0 Å². The lowest BCUT2D eigenvalue weighted by Crippen LogP contribution is -2.74. The van der Waals surface area contributed by atoms with E-state index in [0.717, 1.165) is 25.7 Å². The molecule has 2 rings (SSSR count). The van der Waals surface area contributed by atoms with E-state index < -0.39 is 5.60 Å². The second-order valence-corrected chi connectivity index (χ2v) is 5.97. The topological polar surface area (TPSA) is 55.5 Å². The van der Waals surface area contributed by atoms with Crippen molar-refractivity contribution >= 4 is 0 Å². The highest BCUT2D eigenvalue weighted by Gasteiger charge is 2.63. The van der Waals surface area contributed by atoms with Crippen molar-refractivity contribution in [2.24, 2.45) is 11.1 Å². The van der Waals surface area contributed by atoms with E-state index in [0.29, 0.717) is 0 Å². The summed E-state index contributed by atoms with van der Waals surface area (Å²) in [5, 5.41) is 10.4. The summed E-state index contributed by atoms with van der Waals surface area (Å²) in [6.07, 6.45) is 3.51. The maximum absolute atomic E-state index is 10.4. The first-order chi connectivity index (χ1) is 6.30. The molecule has 14 heavy (non-hydrogen) atoms. The Bertz CT molecular complexity index is 236. The van der Waals surface area contributed by atoms with Crippen LogP contribution in [0, 0.1) is 5.41 Å². The quantitative estimate of drug-likeness (QED) is 0.698. The van der Waals surface area contributed by atoms with E-state index in [1.807, 2.05) is 0 Å². The number of ether oxygens (including phenoxy) is 1. The van der Waals surface area contributed by atoms with Crippen molar-refractivity contribution in [1.82, 2.24) is 0 Å². The summed E-state index contributed by atoms with van der Waals surface area (Å²) in [7, 11) is 1.71. The van der Waals surface area contributed by atoms with E-state index in [-0.39, 0.29) is 17.1 Å². The number of hydrogen-bond donors (Lipinski definition) is 2. The van der Waals surface area contributed by atoms with Crippen LogP contribution in [0.15, 0.2) is 0 Å². The molecule has 0 aromatic carbocycles. The van der Waals surface area contributed by atoms with Gasteiger partial charge in [0.05, 0.1) is 11.7 Å². The summed E-state index contributed by atoms with van der Waals surface area (Å²) in [4.78, 5) is 0. The Morgan fingerprint density at radius 2 is 1.79 bits per heavy atom.